The van der Waals surface area contributed by atoms with Crippen LogP contribution in [0.4, 0.5) is 0 Å². The molecule has 0 saturated heterocycles. The van der Waals surface area contributed by atoms with E-state index in [0.29, 0.717) is 21.7 Å². The van der Waals surface area contributed by atoms with Crippen molar-refractivity contribution in [1.29, 1.82) is 0 Å². The third-order valence-corrected chi connectivity index (χ3v) is 2.60. The van der Waals surface area contributed by atoms with Gasteiger partial charge in [0, 0.05) is 16.6 Å². The molecule has 0 heterocycles. The van der Waals surface area contributed by atoms with Crippen molar-refractivity contribution in [3.05, 3.63) is 33.3 Å². The Bertz CT molecular complexity index is 355. The summed E-state index contributed by atoms with van der Waals surface area (Å²) in [5, 5.41) is 0.497. The number of methoxy groups -OCH3 is 1. The summed E-state index contributed by atoms with van der Waals surface area (Å²) in [6.45, 7) is 0.609. The lowest BCUT2D eigenvalue weighted by molar-refractivity contribution is 0.0387. The molecule has 0 aliphatic carbocycles. The van der Waals surface area contributed by atoms with Gasteiger partial charge in [-0.2, -0.15) is 0 Å². The van der Waals surface area contributed by atoms with Crippen molar-refractivity contribution in [3.63, 3.8) is 0 Å². The normalized spacial score (nSPS) is 10.1. The molecule has 0 radical (unpaired) electrons. The molecule has 1 rings (SSSR count). The summed E-state index contributed by atoms with van der Waals surface area (Å²) in [5.41, 5.74) is 0.415. The number of rotatable bonds is 4. The van der Waals surface area contributed by atoms with Crippen molar-refractivity contribution in [2.45, 2.75) is 0 Å². The number of carbonyl (C=O) groups is 1. The molecule has 1 aromatic rings. The van der Waals surface area contributed by atoms with Crippen molar-refractivity contribution in [1.82, 2.24) is 0 Å². The van der Waals surface area contributed by atoms with E-state index < -0.39 is 5.97 Å². The molecule has 0 atom stereocenters. The summed E-state index contributed by atoms with van der Waals surface area (Å²) in [7, 11) is 1.54. The Balaban J connectivity index is 2.68. The van der Waals surface area contributed by atoms with Gasteiger partial charge in [-0.05, 0) is 34.1 Å². The molecule has 15 heavy (non-hydrogen) atoms. The van der Waals surface area contributed by atoms with Crippen LogP contribution in [-0.4, -0.2) is 26.3 Å². The first kappa shape index (κ1) is 12.5. The molecule has 3 nitrogen and oxygen atoms in total. The van der Waals surface area contributed by atoms with Crippen LogP contribution in [0.5, 0.6) is 0 Å². The van der Waals surface area contributed by atoms with Gasteiger partial charge in [0.15, 0.2) is 0 Å². The van der Waals surface area contributed by atoms with Gasteiger partial charge >= 0.3 is 5.97 Å². The summed E-state index contributed by atoms with van der Waals surface area (Å²) in [4.78, 5) is 11.5. The van der Waals surface area contributed by atoms with Crippen molar-refractivity contribution in [2.75, 3.05) is 20.3 Å². The van der Waals surface area contributed by atoms with Crippen LogP contribution < -0.4 is 0 Å². The molecule has 0 aliphatic rings. The fraction of sp³-hybridized carbons (Fsp3) is 0.300. The van der Waals surface area contributed by atoms with E-state index in [-0.39, 0.29) is 6.61 Å². The summed E-state index contributed by atoms with van der Waals surface area (Å²) in [5.74, 6) is -0.415. The minimum atomic E-state index is -0.415. The Kier molecular flexibility index (Phi) is 5.08. The topological polar surface area (TPSA) is 35.5 Å². The molecule has 0 unspecified atom stereocenters. The van der Waals surface area contributed by atoms with Gasteiger partial charge in [0.25, 0.3) is 0 Å². The molecule has 1 aromatic carbocycles. The van der Waals surface area contributed by atoms with Crippen LogP contribution in [0.15, 0.2) is 22.7 Å². The van der Waals surface area contributed by atoms with E-state index in [4.69, 9.17) is 21.1 Å². The van der Waals surface area contributed by atoms with E-state index in [1.54, 1.807) is 25.3 Å². The van der Waals surface area contributed by atoms with Gasteiger partial charge in [0.1, 0.15) is 6.61 Å². The zero-order valence-corrected chi connectivity index (χ0v) is 10.5. The van der Waals surface area contributed by atoms with Crippen molar-refractivity contribution >= 4 is 33.5 Å². The zero-order chi connectivity index (χ0) is 11.3. The first-order chi connectivity index (χ1) is 7.15. The summed E-state index contributed by atoms with van der Waals surface area (Å²) in [6, 6.07) is 4.95. The molecule has 0 spiro atoms. The molecule has 5 heteroatoms. The van der Waals surface area contributed by atoms with Crippen molar-refractivity contribution in [2.24, 2.45) is 0 Å². The van der Waals surface area contributed by atoms with E-state index in [9.17, 15) is 4.79 Å². The monoisotopic (exact) mass is 292 g/mol. The fourth-order valence-corrected chi connectivity index (χ4v) is 1.53. The average molecular weight is 294 g/mol. The Morgan fingerprint density at radius 2 is 2.20 bits per heavy atom. The van der Waals surface area contributed by atoms with Gasteiger partial charge < -0.3 is 9.47 Å². The minimum Gasteiger partial charge on any atom is -0.460 e. The van der Waals surface area contributed by atoms with Gasteiger partial charge in [-0.15, -0.1) is 0 Å². The van der Waals surface area contributed by atoms with Crippen LogP contribution in [0.25, 0.3) is 0 Å². The van der Waals surface area contributed by atoms with Crippen LogP contribution in [0.3, 0.4) is 0 Å². The number of halogens is 2. The highest BCUT2D eigenvalue weighted by molar-refractivity contribution is 9.10. The van der Waals surface area contributed by atoms with E-state index in [1.165, 1.54) is 0 Å². The van der Waals surface area contributed by atoms with E-state index in [0.717, 1.165) is 0 Å². The molecule has 0 N–H and O–H groups in total. The van der Waals surface area contributed by atoms with Crippen LogP contribution in [0.2, 0.25) is 5.02 Å². The molecule has 0 bridgehead atoms. The average Bonchev–Trinajstić information content (AvgIpc) is 2.22. The van der Waals surface area contributed by atoms with Gasteiger partial charge in [0.05, 0.1) is 12.2 Å². The van der Waals surface area contributed by atoms with Gasteiger partial charge in [-0.25, -0.2) is 4.79 Å². The number of esters is 1. The predicted octanol–water partition coefficient (Wildman–Crippen LogP) is 2.91. The molecular weight excluding hydrogens is 283 g/mol. The van der Waals surface area contributed by atoms with Crippen LogP contribution in [-0.2, 0) is 9.47 Å². The molecule has 0 saturated carbocycles. The molecular formula is C10H10BrClO3. The van der Waals surface area contributed by atoms with Gasteiger partial charge in [-0.3, -0.25) is 0 Å². The highest BCUT2D eigenvalue weighted by Gasteiger charge is 2.11. The van der Waals surface area contributed by atoms with E-state index >= 15 is 0 Å². The summed E-state index contributed by atoms with van der Waals surface area (Å²) >= 11 is 9.02. The van der Waals surface area contributed by atoms with E-state index in [2.05, 4.69) is 15.9 Å². The molecule has 0 fully saturated rings. The van der Waals surface area contributed by atoms with Gasteiger partial charge in [0.2, 0.25) is 0 Å². The maximum atomic E-state index is 11.5. The van der Waals surface area contributed by atoms with Crippen LogP contribution in [0.1, 0.15) is 10.4 Å². The second-order valence-corrected chi connectivity index (χ2v) is 4.04. The van der Waals surface area contributed by atoms with Gasteiger partial charge in [-0.1, -0.05) is 11.6 Å². The summed E-state index contributed by atoms with van der Waals surface area (Å²) in [6.07, 6.45) is 0. The maximum Gasteiger partial charge on any atom is 0.339 e. The van der Waals surface area contributed by atoms with Crippen LogP contribution >= 0.6 is 27.5 Å². The maximum absolute atomic E-state index is 11.5. The predicted molar refractivity (Wildman–Crippen MR) is 61.3 cm³/mol. The highest BCUT2D eigenvalue weighted by atomic mass is 79.9. The number of ether oxygens (including phenoxy) is 2. The lowest BCUT2D eigenvalue weighted by Gasteiger charge is -2.05. The van der Waals surface area contributed by atoms with Crippen LogP contribution in [0, 0.1) is 0 Å². The SMILES string of the molecule is COCCOC(=O)c1cc(Cl)ccc1Br. The first-order valence-corrected chi connectivity index (χ1v) is 5.43. The number of benzene rings is 1. The second-order valence-electron chi connectivity index (χ2n) is 2.75. The minimum absolute atomic E-state index is 0.230. The highest BCUT2D eigenvalue weighted by Crippen LogP contribution is 2.21. The summed E-state index contributed by atoms with van der Waals surface area (Å²) < 4.78 is 10.4. The smallest absolute Gasteiger partial charge is 0.339 e. The quantitative estimate of drug-likeness (QED) is 0.632. The lowest BCUT2D eigenvalue weighted by Crippen LogP contribution is -2.10. The first-order valence-electron chi connectivity index (χ1n) is 4.26. The Morgan fingerprint density at radius 3 is 2.87 bits per heavy atom. The molecule has 0 amide bonds. The Hall–Kier alpha value is -0.580. The Labute approximate surface area is 101 Å². The molecule has 0 aromatic heterocycles. The van der Waals surface area contributed by atoms with Crippen molar-refractivity contribution in [3.8, 4) is 0 Å². The number of hydrogen-bond acceptors (Lipinski definition) is 3. The van der Waals surface area contributed by atoms with Crippen molar-refractivity contribution < 1.29 is 14.3 Å². The fourth-order valence-electron chi connectivity index (χ4n) is 0.949. The largest absolute Gasteiger partial charge is 0.460 e. The second kappa shape index (κ2) is 6.10. The third kappa shape index (κ3) is 3.81. The molecule has 0 aliphatic heterocycles. The van der Waals surface area contributed by atoms with E-state index in [1.807, 2.05) is 0 Å². The number of carbonyl (C=O) groups excluding carboxylic acids is 1. The zero-order valence-electron chi connectivity index (χ0n) is 8.13. The molecule has 82 valence electrons. The lowest BCUT2D eigenvalue weighted by atomic mass is 10.2. The third-order valence-electron chi connectivity index (χ3n) is 1.67. The standard InChI is InChI=1S/C10H10BrClO3/c1-14-4-5-15-10(13)8-6-7(12)2-3-9(8)11/h2-3,6H,4-5H2,1H3. The number of hydrogen-bond donors (Lipinski definition) is 0. The Morgan fingerprint density at radius 1 is 1.47 bits per heavy atom.